The molecule has 0 atom stereocenters. The molecular weight excluding hydrogens is 164 g/mol. The Labute approximate surface area is 81.7 Å². The van der Waals surface area contributed by atoms with Gasteiger partial charge in [0.15, 0.2) is 0 Å². The van der Waals surface area contributed by atoms with Crippen LogP contribution in [0.5, 0.6) is 0 Å². The Morgan fingerprint density at radius 1 is 1.00 bits per heavy atom. The molecule has 0 N–H and O–H groups in total. The normalized spacial score (nSPS) is 12.8. The molecule has 2 nitrogen and oxygen atoms in total. The lowest BCUT2D eigenvalue weighted by atomic mass is 9.92. The van der Waals surface area contributed by atoms with Gasteiger partial charge in [0.05, 0.1) is 13.0 Å². The van der Waals surface area contributed by atoms with Crippen LogP contribution in [-0.2, 0) is 9.53 Å². The van der Waals surface area contributed by atoms with E-state index in [1.54, 1.807) is 0 Å². The van der Waals surface area contributed by atoms with Crippen LogP contribution in [0.15, 0.2) is 0 Å². The van der Waals surface area contributed by atoms with Crippen LogP contribution >= 0.6 is 0 Å². The number of carbonyl (C=O) groups excluding carboxylic acids is 1. The topological polar surface area (TPSA) is 26.3 Å². The van der Waals surface area contributed by atoms with Crippen molar-refractivity contribution in [2.75, 3.05) is 6.61 Å². The minimum atomic E-state index is -0.0950. The maximum absolute atomic E-state index is 11.3. The average Bonchev–Trinajstić information content (AvgIpc) is 1.78. The molecule has 78 valence electrons. The van der Waals surface area contributed by atoms with E-state index in [1.807, 2.05) is 20.8 Å². The first-order valence-corrected chi connectivity index (χ1v) is 4.76. The van der Waals surface area contributed by atoms with Crippen molar-refractivity contribution in [3.05, 3.63) is 0 Å². The van der Waals surface area contributed by atoms with Crippen molar-refractivity contribution < 1.29 is 9.53 Å². The Balaban J connectivity index is 3.78. The van der Waals surface area contributed by atoms with Gasteiger partial charge in [0.1, 0.15) is 0 Å². The van der Waals surface area contributed by atoms with E-state index in [0.29, 0.717) is 13.0 Å². The van der Waals surface area contributed by atoms with E-state index in [0.717, 1.165) is 0 Å². The van der Waals surface area contributed by atoms with Crippen LogP contribution in [0.4, 0.5) is 0 Å². The van der Waals surface area contributed by atoms with Crippen LogP contribution in [0.3, 0.4) is 0 Å². The number of rotatable bonds is 2. The van der Waals surface area contributed by atoms with Crippen LogP contribution in [0.25, 0.3) is 0 Å². The van der Waals surface area contributed by atoms with Gasteiger partial charge in [0, 0.05) is 0 Å². The molecule has 0 aliphatic rings. The van der Waals surface area contributed by atoms with Crippen LogP contribution < -0.4 is 0 Å². The first kappa shape index (κ1) is 12.5. The van der Waals surface area contributed by atoms with Gasteiger partial charge in [-0.15, -0.1) is 0 Å². The molecule has 0 aromatic rings. The maximum Gasteiger partial charge on any atom is 0.306 e. The molecule has 2 heteroatoms. The van der Waals surface area contributed by atoms with Crippen molar-refractivity contribution in [2.45, 2.75) is 48.0 Å². The molecule has 0 aromatic carbocycles. The first-order chi connectivity index (χ1) is 5.60. The second-order valence-corrected chi connectivity index (χ2v) is 5.96. The lowest BCUT2D eigenvalue weighted by Gasteiger charge is -2.21. The zero-order valence-corrected chi connectivity index (χ0v) is 9.73. The molecule has 0 aromatic heterocycles. The smallest absolute Gasteiger partial charge is 0.306 e. The van der Waals surface area contributed by atoms with Crippen LogP contribution in [0.2, 0.25) is 0 Å². The molecule has 0 rings (SSSR count). The van der Waals surface area contributed by atoms with Gasteiger partial charge in [-0.2, -0.15) is 0 Å². The molecule has 0 amide bonds. The fourth-order valence-electron chi connectivity index (χ4n) is 0.781. The van der Waals surface area contributed by atoms with E-state index < -0.39 is 0 Å². The minimum Gasteiger partial charge on any atom is -0.465 e. The maximum atomic E-state index is 11.3. The Hall–Kier alpha value is -0.530. The van der Waals surface area contributed by atoms with E-state index in [2.05, 4.69) is 20.8 Å². The Bertz CT molecular complexity index is 170. The highest BCUT2D eigenvalue weighted by Gasteiger charge is 2.19. The molecule has 0 aliphatic carbocycles. The van der Waals surface area contributed by atoms with Crippen molar-refractivity contribution in [3.63, 3.8) is 0 Å². The second kappa shape index (κ2) is 4.12. The van der Waals surface area contributed by atoms with E-state index in [9.17, 15) is 4.79 Å². The average molecular weight is 186 g/mol. The van der Waals surface area contributed by atoms with Crippen molar-refractivity contribution in [1.29, 1.82) is 0 Å². The van der Waals surface area contributed by atoms with Gasteiger partial charge >= 0.3 is 5.97 Å². The molecule has 0 spiro atoms. The zero-order chi connectivity index (χ0) is 10.7. The summed E-state index contributed by atoms with van der Waals surface area (Å²) in [4.78, 5) is 11.3. The van der Waals surface area contributed by atoms with Gasteiger partial charge in [0.2, 0.25) is 0 Å². The van der Waals surface area contributed by atoms with Crippen LogP contribution in [0, 0.1) is 10.8 Å². The van der Waals surface area contributed by atoms with Gasteiger partial charge in [-0.25, -0.2) is 0 Å². The number of hydrogen-bond acceptors (Lipinski definition) is 2. The summed E-state index contributed by atoms with van der Waals surface area (Å²) in [5, 5.41) is 0. The molecule has 13 heavy (non-hydrogen) atoms. The summed E-state index contributed by atoms with van der Waals surface area (Å²) < 4.78 is 5.14. The van der Waals surface area contributed by atoms with Crippen molar-refractivity contribution in [2.24, 2.45) is 10.8 Å². The fraction of sp³-hybridized carbons (Fsp3) is 0.909. The van der Waals surface area contributed by atoms with Crippen LogP contribution in [0.1, 0.15) is 48.0 Å². The lowest BCUT2D eigenvalue weighted by molar-refractivity contribution is -0.148. The van der Waals surface area contributed by atoms with Gasteiger partial charge < -0.3 is 4.74 Å². The van der Waals surface area contributed by atoms with Gasteiger partial charge in [0.25, 0.3) is 0 Å². The second-order valence-electron chi connectivity index (χ2n) is 5.96. The summed E-state index contributed by atoms with van der Waals surface area (Å²) >= 11 is 0. The first-order valence-electron chi connectivity index (χ1n) is 4.76. The third kappa shape index (κ3) is 9.38. The summed E-state index contributed by atoms with van der Waals surface area (Å²) in [6.45, 7) is 12.8. The largest absolute Gasteiger partial charge is 0.465 e. The summed E-state index contributed by atoms with van der Waals surface area (Å²) in [6.07, 6.45) is 0.489. The molecule has 0 heterocycles. The number of ether oxygens (including phenoxy) is 1. The van der Waals surface area contributed by atoms with Crippen molar-refractivity contribution in [3.8, 4) is 0 Å². The summed E-state index contributed by atoms with van der Waals surface area (Å²) in [5.74, 6) is -0.0950. The fourth-order valence-corrected chi connectivity index (χ4v) is 0.781. The van der Waals surface area contributed by atoms with Crippen LogP contribution in [-0.4, -0.2) is 12.6 Å². The predicted octanol–water partition coefficient (Wildman–Crippen LogP) is 3.01. The number of hydrogen-bond donors (Lipinski definition) is 0. The molecule has 0 radical (unpaired) electrons. The highest BCUT2D eigenvalue weighted by molar-refractivity contribution is 5.70. The monoisotopic (exact) mass is 186 g/mol. The highest BCUT2D eigenvalue weighted by Crippen LogP contribution is 2.20. The quantitative estimate of drug-likeness (QED) is 0.620. The summed E-state index contributed by atoms with van der Waals surface area (Å²) in [5.41, 5.74) is 0.0858. The van der Waals surface area contributed by atoms with E-state index in [4.69, 9.17) is 4.74 Å². The van der Waals surface area contributed by atoms with E-state index in [1.165, 1.54) is 0 Å². The Morgan fingerprint density at radius 2 is 1.46 bits per heavy atom. The molecule has 0 aliphatic heterocycles. The van der Waals surface area contributed by atoms with E-state index >= 15 is 0 Å². The SMILES string of the molecule is CC(C)(C)COC(=O)CC(C)(C)C. The zero-order valence-electron chi connectivity index (χ0n) is 9.73. The summed E-state index contributed by atoms with van der Waals surface area (Å²) in [7, 11) is 0. The van der Waals surface area contributed by atoms with Crippen molar-refractivity contribution in [1.82, 2.24) is 0 Å². The molecule has 0 saturated carbocycles. The molecule has 0 unspecified atom stereocenters. The number of carbonyl (C=O) groups is 1. The van der Waals surface area contributed by atoms with Gasteiger partial charge in [-0.1, -0.05) is 41.5 Å². The lowest BCUT2D eigenvalue weighted by Crippen LogP contribution is -2.21. The highest BCUT2D eigenvalue weighted by atomic mass is 16.5. The molecule has 0 saturated heterocycles. The standard InChI is InChI=1S/C11H22O2/c1-10(2,3)7-9(12)13-8-11(4,5)6/h7-8H2,1-6H3. The molecule has 0 fully saturated rings. The molecule has 0 bridgehead atoms. The van der Waals surface area contributed by atoms with Gasteiger partial charge in [-0.05, 0) is 10.8 Å². The Kier molecular flexibility index (Phi) is 3.95. The predicted molar refractivity (Wildman–Crippen MR) is 54.5 cm³/mol. The minimum absolute atomic E-state index is 0.0228. The summed E-state index contributed by atoms with van der Waals surface area (Å²) in [6, 6.07) is 0. The third-order valence-corrected chi connectivity index (χ3v) is 1.34. The van der Waals surface area contributed by atoms with E-state index in [-0.39, 0.29) is 16.8 Å². The molecular formula is C11H22O2. The Morgan fingerprint density at radius 3 is 1.77 bits per heavy atom. The van der Waals surface area contributed by atoms with Crippen molar-refractivity contribution >= 4 is 5.97 Å². The number of esters is 1. The van der Waals surface area contributed by atoms with Gasteiger partial charge in [-0.3, -0.25) is 4.79 Å². The third-order valence-electron chi connectivity index (χ3n) is 1.34.